The van der Waals surface area contributed by atoms with Gasteiger partial charge in [0.15, 0.2) is 6.61 Å². The number of esters is 1. The fraction of sp³-hybridized carbons (Fsp3) is 0.300. The van der Waals surface area contributed by atoms with Gasteiger partial charge in [-0.15, -0.1) is 0 Å². The number of carbonyl (C=O) groups excluding carboxylic acids is 2. The van der Waals surface area contributed by atoms with E-state index in [4.69, 9.17) is 4.74 Å². The minimum atomic E-state index is -0.714. The summed E-state index contributed by atoms with van der Waals surface area (Å²) in [4.78, 5) is 26.1. The van der Waals surface area contributed by atoms with Crippen molar-refractivity contribution in [1.82, 2.24) is 5.32 Å². The minimum Gasteiger partial charge on any atom is -0.507 e. The van der Waals surface area contributed by atoms with E-state index in [1.54, 1.807) is 12.1 Å². The van der Waals surface area contributed by atoms with Crippen molar-refractivity contribution in [2.75, 3.05) is 31.1 Å². The van der Waals surface area contributed by atoms with Gasteiger partial charge in [0.1, 0.15) is 11.3 Å². The number of phenolic OH excluding ortho intramolecular Hbond substituents is 1. The first kappa shape index (κ1) is 17.8. The lowest BCUT2D eigenvalue weighted by molar-refractivity contribution is -0.124. The number of amides is 1. The predicted molar refractivity (Wildman–Crippen MR) is 98.2 cm³/mol. The summed E-state index contributed by atoms with van der Waals surface area (Å²) < 4.78 is 4.95. The van der Waals surface area contributed by atoms with Gasteiger partial charge in [-0.25, -0.2) is 4.79 Å². The van der Waals surface area contributed by atoms with Crippen molar-refractivity contribution in [2.45, 2.75) is 6.42 Å². The van der Waals surface area contributed by atoms with Crippen LogP contribution in [0.25, 0.3) is 0 Å². The summed E-state index contributed by atoms with van der Waals surface area (Å²) in [6.45, 7) is 2.05. The summed E-state index contributed by atoms with van der Waals surface area (Å²) in [6, 6.07) is 16.3. The fourth-order valence-electron chi connectivity index (χ4n) is 3.04. The zero-order chi connectivity index (χ0) is 18.4. The lowest BCUT2D eigenvalue weighted by Crippen LogP contribution is -2.34. The Labute approximate surface area is 152 Å². The third-order valence-electron chi connectivity index (χ3n) is 4.45. The second-order valence-corrected chi connectivity index (χ2v) is 6.33. The van der Waals surface area contributed by atoms with E-state index in [0.29, 0.717) is 12.5 Å². The number of hydrogen-bond acceptors (Lipinski definition) is 5. The Balaban J connectivity index is 1.40. The SMILES string of the molecule is O=C(COC(=O)c1ccccc1O)NC[C@@H]1CCN(c2ccccc2)C1. The van der Waals surface area contributed by atoms with Gasteiger partial charge in [-0.2, -0.15) is 0 Å². The minimum absolute atomic E-state index is 0.0506. The first-order valence-corrected chi connectivity index (χ1v) is 8.65. The lowest BCUT2D eigenvalue weighted by Gasteiger charge is -2.18. The molecule has 0 bridgehead atoms. The molecule has 1 aliphatic heterocycles. The highest BCUT2D eigenvalue weighted by Crippen LogP contribution is 2.23. The summed E-state index contributed by atoms with van der Waals surface area (Å²) in [5.41, 5.74) is 1.24. The van der Waals surface area contributed by atoms with Crippen molar-refractivity contribution in [2.24, 2.45) is 5.92 Å². The van der Waals surface area contributed by atoms with Gasteiger partial charge in [-0.3, -0.25) is 4.79 Å². The molecule has 1 aliphatic rings. The zero-order valence-corrected chi connectivity index (χ0v) is 14.4. The second-order valence-electron chi connectivity index (χ2n) is 6.33. The number of benzene rings is 2. The van der Waals surface area contributed by atoms with Gasteiger partial charge in [0.05, 0.1) is 0 Å². The molecule has 1 atom stereocenters. The van der Waals surface area contributed by atoms with Crippen LogP contribution in [0.1, 0.15) is 16.8 Å². The average molecular weight is 354 g/mol. The Morgan fingerprint density at radius 2 is 1.85 bits per heavy atom. The third-order valence-corrected chi connectivity index (χ3v) is 4.45. The van der Waals surface area contributed by atoms with Crippen LogP contribution in [0.3, 0.4) is 0 Å². The van der Waals surface area contributed by atoms with Gasteiger partial charge in [-0.1, -0.05) is 30.3 Å². The van der Waals surface area contributed by atoms with E-state index in [9.17, 15) is 14.7 Å². The lowest BCUT2D eigenvalue weighted by atomic mass is 10.1. The Morgan fingerprint density at radius 3 is 2.62 bits per heavy atom. The summed E-state index contributed by atoms with van der Waals surface area (Å²) in [6.07, 6.45) is 1.01. The molecule has 2 aromatic rings. The van der Waals surface area contributed by atoms with E-state index in [2.05, 4.69) is 22.3 Å². The monoisotopic (exact) mass is 354 g/mol. The topological polar surface area (TPSA) is 78.9 Å². The van der Waals surface area contributed by atoms with Crippen LogP contribution >= 0.6 is 0 Å². The number of nitrogens with one attached hydrogen (secondary N) is 1. The molecule has 1 saturated heterocycles. The maximum absolute atomic E-state index is 11.9. The predicted octanol–water partition coefficient (Wildman–Crippen LogP) is 2.19. The van der Waals surface area contributed by atoms with Crippen molar-refractivity contribution < 1.29 is 19.4 Å². The van der Waals surface area contributed by atoms with Crippen LogP contribution < -0.4 is 10.2 Å². The summed E-state index contributed by atoms with van der Waals surface area (Å²) >= 11 is 0. The number of carbonyl (C=O) groups is 2. The molecule has 3 rings (SSSR count). The summed E-state index contributed by atoms with van der Waals surface area (Å²) in [5, 5.41) is 12.4. The van der Waals surface area contributed by atoms with Gasteiger partial charge < -0.3 is 20.1 Å². The van der Waals surface area contributed by atoms with Gasteiger partial charge >= 0.3 is 5.97 Å². The zero-order valence-electron chi connectivity index (χ0n) is 14.4. The number of hydrogen-bond donors (Lipinski definition) is 2. The number of aromatic hydroxyl groups is 1. The smallest absolute Gasteiger partial charge is 0.342 e. The Kier molecular flexibility index (Phi) is 5.73. The van der Waals surface area contributed by atoms with E-state index in [1.807, 2.05) is 18.2 Å². The molecular weight excluding hydrogens is 332 g/mol. The molecule has 0 unspecified atom stereocenters. The molecule has 136 valence electrons. The van der Waals surface area contributed by atoms with E-state index < -0.39 is 5.97 Å². The van der Waals surface area contributed by atoms with Crippen molar-refractivity contribution in [3.05, 3.63) is 60.2 Å². The maximum atomic E-state index is 11.9. The maximum Gasteiger partial charge on any atom is 0.342 e. The molecule has 0 aromatic heterocycles. The average Bonchev–Trinajstić information content (AvgIpc) is 3.14. The number of nitrogens with zero attached hydrogens (tertiary/aromatic N) is 1. The summed E-state index contributed by atoms with van der Waals surface area (Å²) in [5.74, 6) is -0.848. The molecule has 0 spiro atoms. The molecule has 0 saturated carbocycles. The normalized spacial score (nSPS) is 16.3. The fourth-order valence-corrected chi connectivity index (χ4v) is 3.04. The molecule has 0 radical (unpaired) electrons. The molecule has 2 N–H and O–H groups in total. The van der Waals surface area contributed by atoms with Crippen LogP contribution in [0.4, 0.5) is 5.69 Å². The van der Waals surface area contributed by atoms with Crippen LogP contribution in [-0.4, -0.2) is 43.2 Å². The van der Waals surface area contributed by atoms with E-state index >= 15 is 0 Å². The number of rotatable bonds is 6. The van der Waals surface area contributed by atoms with Crippen molar-refractivity contribution in [3.63, 3.8) is 0 Å². The highest BCUT2D eigenvalue weighted by molar-refractivity contribution is 5.93. The Hall–Kier alpha value is -3.02. The Bertz CT molecular complexity index is 763. The van der Waals surface area contributed by atoms with Crippen LogP contribution in [0.5, 0.6) is 5.75 Å². The standard InChI is InChI=1S/C20H22N2O4/c23-18-9-5-4-8-17(18)20(25)26-14-19(24)21-12-15-10-11-22(13-15)16-6-2-1-3-7-16/h1-9,15,23H,10-14H2,(H,21,24)/t15-/m0/s1. The first-order chi connectivity index (χ1) is 12.6. The van der Waals surface area contributed by atoms with Gasteiger partial charge in [-0.05, 0) is 36.6 Å². The number of ether oxygens (including phenoxy) is 1. The van der Waals surface area contributed by atoms with E-state index in [1.165, 1.54) is 17.8 Å². The first-order valence-electron chi connectivity index (χ1n) is 8.65. The number of para-hydroxylation sites is 2. The molecule has 6 heteroatoms. The van der Waals surface area contributed by atoms with Crippen LogP contribution in [-0.2, 0) is 9.53 Å². The summed E-state index contributed by atoms with van der Waals surface area (Å²) in [7, 11) is 0. The number of phenols is 1. The van der Waals surface area contributed by atoms with Gasteiger partial charge in [0.25, 0.3) is 5.91 Å². The van der Waals surface area contributed by atoms with Crippen molar-refractivity contribution in [1.29, 1.82) is 0 Å². The molecule has 26 heavy (non-hydrogen) atoms. The van der Waals surface area contributed by atoms with Gasteiger partial charge in [0, 0.05) is 25.3 Å². The molecular formula is C20H22N2O4. The highest BCUT2D eigenvalue weighted by Gasteiger charge is 2.23. The van der Waals surface area contributed by atoms with Crippen molar-refractivity contribution in [3.8, 4) is 5.75 Å². The van der Waals surface area contributed by atoms with Crippen molar-refractivity contribution >= 4 is 17.6 Å². The molecule has 1 fully saturated rings. The van der Waals surface area contributed by atoms with Crippen LogP contribution in [0.15, 0.2) is 54.6 Å². The Morgan fingerprint density at radius 1 is 1.12 bits per heavy atom. The largest absolute Gasteiger partial charge is 0.507 e. The van der Waals surface area contributed by atoms with Crippen LogP contribution in [0, 0.1) is 5.92 Å². The number of anilines is 1. The molecule has 1 heterocycles. The molecule has 2 aromatic carbocycles. The second kappa shape index (κ2) is 8.38. The van der Waals surface area contributed by atoms with Gasteiger partial charge in [0.2, 0.25) is 0 Å². The quantitative estimate of drug-likeness (QED) is 0.778. The van der Waals surface area contributed by atoms with Crippen LogP contribution in [0.2, 0.25) is 0 Å². The molecule has 1 amide bonds. The molecule has 6 nitrogen and oxygen atoms in total. The third kappa shape index (κ3) is 4.53. The van der Waals surface area contributed by atoms with E-state index in [-0.39, 0.29) is 23.8 Å². The van der Waals surface area contributed by atoms with E-state index in [0.717, 1.165) is 19.5 Å². The molecule has 0 aliphatic carbocycles. The highest BCUT2D eigenvalue weighted by atomic mass is 16.5.